The van der Waals surface area contributed by atoms with E-state index >= 15 is 0 Å². The maximum absolute atomic E-state index is 13.0. The Labute approximate surface area is 151 Å². The summed E-state index contributed by atoms with van der Waals surface area (Å²) >= 11 is 1.55. The van der Waals surface area contributed by atoms with Crippen molar-refractivity contribution in [1.82, 2.24) is 9.88 Å². The SMILES string of the molecule is O=C(c1csc(Cc2ccccc2)n1)N1CCCCC1C1OCCO1. The van der Waals surface area contributed by atoms with Gasteiger partial charge in [-0.05, 0) is 24.8 Å². The molecule has 1 aromatic carbocycles. The standard InChI is InChI=1S/C19H22N2O3S/c22-18(21-9-5-4-8-16(21)19-23-10-11-24-19)15-13-25-17(20-15)12-14-6-2-1-3-7-14/h1-3,6-7,13,16,19H,4-5,8-12H2. The highest BCUT2D eigenvalue weighted by Gasteiger charge is 2.37. The van der Waals surface area contributed by atoms with Crippen molar-refractivity contribution in [2.75, 3.05) is 19.8 Å². The molecule has 2 aliphatic rings. The minimum Gasteiger partial charge on any atom is -0.348 e. The first-order valence-electron chi connectivity index (χ1n) is 8.84. The zero-order valence-corrected chi connectivity index (χ0v) is 14.9. The first-order chi connectivity index (χ1) is 12.3. The first kappa shape index (κ1) is 16.7. The van der Waals surface area contributed by atoms with E-state index < -0.39 is 0 Å². The third-order valence-corrected chi connectivity index (χ3v) is 5.59. The second kappa shape index (κ2) is 7.64. The Kier molecular flexibility index (Phi) is 5.10. The van der Waals surface area contributed by atoms with Crippen molar-refractivity contribution < 1.29 is 14.3 Å². The summed E-state index contributed by atoms with van der Waals surface area (Å²) in [6.07, 6.45) is 3.53. The normalized spacial score (nSPS) is 21.6. The summed E-state index contributed by atoms with van der Waals surface area (Å²) < 4.78 is 11.3. The van der Waals surface area contributed by atoms with Crippen molar-refractivity contribution in [2.45, 2.75) is 38.0 Å². The fourth-order valence-corrected chi connectivity index (χ4v) is 4.30. The molecule has 1 unspecified atom stereocenters. The van der Waals surface area contributed by atoms with E-state index in [4.69, 9.17) is 9.47 Å². The van der Waals surface area contributed by atoms with Gasteiger partial charge in [0.1, 0.15) is 5.69 Å². The number of aromatic nitrogens is 1. The van der Waals surface area contributed by atoms with Gasteiger partial charge in [-0.3, -0.25) is 4.79 Å². The van der Waals surface area contributed by atoms with Crippen molar-refractivity contribution in [2.24, 2.45) is 0 Å². The maximum atomic E-state index is 13.0. The largest absolute Gasteiger partial charge is 0.348 e. The number of ether oxygens (including phenoxy) is 2. The molecule has 25 heavy (non-hydrogen) atoms. The molecule has 1 aromatic heterocycles. The number of nitrogens with zero attached hydrogens (tertiary/aromatic N) is 2. The zero-order chi connectivity index (χ0) is 17.1. The molecule has 0 saturated carbocycles. The number of hydrogen-bond acceptors (Lipinski definition) is 5. The van der Waals surface area contributed by atoms with Crippen molar-refractivity contribution in [1.29, 1.82) is 0 Å². The topological polar surface area (TPSA) is 51.7 Å². The van der Waals surface area contributed by atoms with Gasteiger partial charge in [0.05, 0.1) is 24.3 Å². The third-order valence-electron chi connectivity index (χ3n) is 4.74. The number of carbonyl (C=O) groups is 1. The highest BCUT2D eigenvalue weighted by atomic mass is 32.1. The Morgan fingerprint density at radius 1 is 1.20 bits per heavy atom. The van der Waals surface area contributed by atoms with Crippen LogP contribution in [0.4, 0.5) is 0 Å². The van der Waals surface area contributed by atoms with E-state index in [-0.39, 0.29) is 18.2 Å². The van der Waals surface area contributed by atoms with Crippen molar-refractivity contribution in [3.8, 4) is 0 Å². The Morgan fingerprint density at radius 2 is 2.00 bits per heavy atom. The second-order valence-corrected chi connectivity index (χ2v) is 7.40. The van der Waals surface area contributed by atoms with E-state index in [0.29, 0.717) is 18.9 Å². The summed E-state index contributed by atoms with van der Waals surface area (Å²) in [4.78, 5) is 19.5. The summed E-state index contributed by atoms with van der Waals surface area (Å²) in [5, 5.41) is 2.85. The monoisotopic (exact) mass is 358 g/mol. The predicted octanol–water partition coefficient (Wildman–Crippen LogP) is 3.10. The van der Waals surface area contributed by atoms with Crippen LogP contribution >= 0.6 is 11.3 Å². The fourth-order valence-electron chi connectivity index (χ4n) is 3.50. The molecule has 1 atom stereocenters. The van der Waals surface area contributed by atoms with Crippen molar-refractivity contribution in [3.05, 3.63) is 52.0 Å². The molecule has 0 spiro atoms. The molecule has 2 saturated heterocycles. The molecule has 2 fully saturated rings. The van der Waals surface area contributed by atoms with E-state index in [9.17, 15) is 4.79 Å². The van der Waals surface area contributed by atoms with Gasteiger partial charge in [0.2, 0.25) is 0 Å². The third kappa shape index (κ3) is 3.76. The van der Waals surface area contributed by atoms with Crippen molar-refractivity contribution >= 4 is 17.2 Å². The molecule has 2 aliphatic heterocycles. The first-order valence-corrected chi connectivity index (χ1v) is 9.72. The number of piperidine rings is 1. The highest BCUT2D eigenvalue weighted by molar-refractivity contribution is 7.09. The Balaban J connectivity index is 1.47. The van der Waals surface area contributed by atoms with Gasteiger partial charge < -0.3 is 14.4 Å². The smallest absolute Gasteiger partial charge is 0.273 e. The summed E-state index contributed by atoms with van der Waals surface area (Å²) in [7, 11) is 0. The summed E-state index contributed by atoms with van der Waals surface area (Å²) in [5.74, 6) is -0.000591. The molecule has 5 nitrogen and oxygen atoms in total. The van der Waals surface area contributed by atoms with Crippen LogP contribution in [-0.4, -0.2) is 47.9 Å². The quantitative estimate of drug-likeness (QED) is 0.843. The molecule has 6 heteroatoms. The second-order valence-electron chi connectivity index (χ2n) is 6.46. The van der Waals surface area contributed by atoms with Crippen LogP contribution in [0.2, 0.25) is 0 Å². The predicted molar refractivity (Wildman–Crippen MR) is 95.7 cm³/mol. The molecule has 1 amide bonds. The molecule has 0 radical (unpaired) electrons. The van der Waals surface area contributed by atoms with Crippen LogP contribution in [0.5, 0.6) is 0 Å². The molecule has 0 aliphatic carbocycles. The molecular weight excluding hydrogens is 336 g/mol. The molecule has 0 N–H and O–H groups in total. The number of amides is 1. The van der Waals surface area contributed by atoms with Gasteiger partial charge in [-0.15, -0.1) is 11.3 Å². The lowest BCUT2D eigenvalue weighted by Crippen LogP contribution is -2.50. The number of benzene rings is 1. The van der Waals surface area contributed by atoms with Gasteiger partial charge in [-0.1, -0.05) is 30.3 Å². The van der Waals surface area contributed by atoms with E-state index in [1.165, 1.54) is 5.56 Å². The molecular formula is C19H22N2O3S. The number of thiazole rings is 1. The summed E-state index contributed by atoms with van der Waals surface area (Å²) in [6, 6.07) is 10.2. The minimum absolute atomic E-state index is 0.000591. The molecule has 132 valence electrons. The summed E-state index contributed by atoms with van der Waals surface area (Å²) in [5.41, 5.74) is 1.75. The van der Waals surface area contributed by atoms with Gasteiger partial charge >= 0.3 is 0 Å². The summed E-state index contributed by atoms with van der Waals surface area (Å²) in [6.45, 7) is 1.97. The van der Waals surface area contributed by atoms with Crippen LogP contribution in [0.15, 0.2) is 35.7 Å². The number of carbonyl (C=O) groups excluding carboxylic acids is 1. The molecule has 2 aromatic rings. The van der Waals surface area contributed by atoms with E-state index in [0.717, 1.165) is 37.2 Å². The van der Waals surface area contributed by atoms with Crippen LogP contribution in [0.1, 0.15) is 40.3 Å². The van der Waals surface area contributed by atoms with Crippen LogP contribution in [0, 0.1) is 0 Å². The van der Waals surface area contributed by atoms with Gasteiger partial charge in [0.15, 0.2) is 6.29 Å². The lowest BCUT2D eigenvalue weighted by Gasteiger charge is -2.37. The van der Waals surface area contributed by atoms with Crippen LogP contribution < -0.4 is 0 Å². The van der Waals surface area contributed by atoms with E-state index in [1.807, 2.05) is 28.5 Å². The fraction of sp³-hybridized carbons (Fsp3) is 0.474. The van der Waals surface area contributed by atoms with Gasteiger partial charge in [-0.25, -0.2) is 4.98 Å². The number of hydrogen-bond donors (Lipinski definition) is 0. The average Bonchev–Trinajstić information content (AvgIpc) is 3.34. The Bertz CT molecular complexity index is 712. The Morgan fingerprint density at radius 3 is 2.80 bits per heavy atom. The van der Waals surface area contributed by atoms with Crippen LogP contribution in [0.3, 0.4) is 0 Å². The highest BCUT2D eigenvalue weighted by Crippen LogP contribution is 2.26. The molecule has 3 heterocycles. The zero-order valence-electron chi connectivity index (χ0n) is 14.1. The minimum atomic E-state index is -0.285. The van der Waals surface area contributed by atoms with E-state index in [1.54, 1.807) is 11.3 Å². The lowest BCUT2D eigenvalue weighted by atomic mass is 10.0. The van der Waals surface area contributed by atoms with Crippen LogP contribution in [-0.2, 0) is 15.9 Å². The number of likely N-dealkylation sites (tertiary alicyclic amines) is 1. The van der Waals surface area contributed by atoms with Gasteiger partial charge in [0, 0.05) is 18.3 Å². The molecule has 4 rings (SSSR count). The van der Waals surface area contributed by atoms with Crippen molar-refractivity contribution in [3.63, 3.8) is 0 Å². The Hall–Kier alpha value is -1.76. The maximum Gasteiger partial charge on any atom is 0.273 e. The van der Waals surface area contributed by atoms with Gasteiger partial charge in [-0.2, -0.15) is 0 Å². The van der Waals surface area contributed by atoms with Crippen LogP contribution in [0.25, 0.3) is 0 Å². The lowest BCUT2D eigenvalue weighted by molar-refractivity contribution is -0.100. The van der Waals surface area contributed by atoms with E-state index in [2.05, 4.69) is 17.1 Å². The number of rotatable bonds is 4. The molecule has 0 bridgehead atoms. The van der Waals surface area contributed by atoms with Gasteiger partial charge in [0.25, 0.3) is 5.91 Å². The average molecular weight is 358 g/mol.